The minimum Gasteiger partial charge on any atom is -0.481 e. The third-order valence-electron chi connectivity index (χ3n) is 4.51. The highest BCUT2D eigenvalue weighted by Gasteiger charge is 2.35. The van der Waals surface area contributed by atoms with Crippen molar-refractivity contribution in [3.05, 3.63) is 0 Å². The smallest absolute Gasteiger partial charge is 0.314 e. The number of carbonyl (C=O) groups is 2. The molecule has 0 bridgehead atoms. The highest BCUT2D eigenvalue weighted by Crippen LogP contribution is 2.42. The zero-order chi connectivity index (χ0) is 16.1. The molecule has 1 atom stereocenters. The van der Waals surface area contributed by atoms with Gasteiger partial charge in [0.25, 0.3) is 0 Å². The first-order chi connectivity index (χ1) is 9.67. The molecule has 122 valence electrons. The topological polar surface area (TPSA) is 78.4 Å². The summed E-state index contributed by atoms with van der Waals surface area (Å²) in [6.07, 6.45) is 5.21. The van der Waals surface area contributed by atoms with Gasteiger partial charge >= 0.3 is 12.0 Å². The summed E-state index contributed by atoms with van der Waals surface area (Å²) in [5, 5.41) is 14.8. The maximum atomic E-state index is 11.8. The summed E-state index contributed by atoms with van der Waals surface area (Å²) >= 11 is 0. The van der Waals surface area contributed by atoms with Gasteiger partial charge in [-0.3, -0.25) is 4.79 Å². The Kier molecular flexibility index (Phi) is 6.05. The molecule has 0 heterocycles. The van der Waals surface area contributed by atoms with E-state index in [1.807, 2.05) is 20.8 Å². The third-order valence-corrected chi connectivity index (χ3v) is 4.51. The van der Waals surface area contributed by atoms with E-state index >= 15 is 0 Å². The fourth-order valence-electron chi connectivity index (χ4n) is 2.86. The van der Waals surface area contributed by atoms with E-state index in [-0.39, 0.29) is 23.4 Å². The molecular formula is C16H30N2O3. The van der Waals surface area contributed by atoms with Crippen LogP contribution in [0.2, 0.25) is 0 Å². The molecular weight excluding hydrogens is 268 g/mol. The second-order valence-electron chi connectivity index (χ2n) is 7.57. The Hall–Kier alpha value is -1.26. The fourth-order valence-corrected chi connectivity index (χ4v) is 2.86. The molecule has 5 heteroatoms. The molecule has 21 heavy (non-hydrogen) atoms. The average molecular weight is 298 g/mol. The number of nitrogens with one attached hydrogen (secondary N) is 2. The van der Waals surface area contributed by atoms with E-state index in [2.05, 4.69) is 17.6 Å². The van der Waals surface area contributed by atoms with Crippen LogP contribution in [0.3, 0.4) is 0 Å². The number of amides is 2. The zero-order valence-electron chi connectivity index (χ0n) is 13.8. The lowest BCUT2D eigenvalue weighted by molar-refractivity contribution is -0.142. The molecule has 0 aromatic rings. The SMILES string of the molecule is CCC1(CNC(=O)NCC(CC(C)(C)C)C(=O)O)CCC1. The summed E-state index contributed by atoms with van der Waals surface area (Å²) in [4.78, 5) is 23.1. The first kappa shape index (κ1) is 17.8. The molecule has 5 nitrogen and oxygen atoms in total. The number of carbonyl (C=O) groups excluding carboxylic acids is 1. The lowest BCUT2D eigenvalue weighted by atomic mass is 9.67. The van der Waals surface area contributed by atoms with Crippen LogP contribution in [0.1, 0.15) is 59.8 Å². The van der Waals surface area contributed by atoms with E-state index in [1.165, 1.54) is 19.3 Å². The lowest BCUT2D eigenvalue weighted by Crippen LogP contribution is -2.47. The van der Waals surface area contributed by atoms with Crippen LogP contribution < -0.4 is 10.6 Å². The maximum Gasteiger partial charge on any atom is 0.314 e. The quantitative estimate of drug-likeness (QED) is 0.676. The molecule has 0 saturated heterocycles. The molecule has 2 amide bonds. The van der Waals surface area contributed by atoms with Crippen LogP contribution in [0.15, 0.2) is 0 Å². The van der Waals surface area contributed by atoms with E-state index in [4.69, 9.17) is 0 Å². The molecule has 1 rings (SSSR count). The molecule has 1 aliphatic rings. The van der Waals surface area contributed by atoms with E-state index < -0.39 is 11.9 Å². The van der Waals surface area contributed by atoms with Crippen LogP contribution in [0.5, 0.6) is 0 Å². The minimum atomic E-state index is -0.853. The lowest BCUT2D eigenvalue weighted by Gasteiger charge is -2.41. The summed E-state index contributed by atoms with van der Waals surface area (Å²) in [5.41, 5.74) is 0.203. The number of urea groups is 1. The van der Waals surface area contributed by atoms with Gasteiger partial charge in [-0.15, -0.1) is 0 Å². The average Bonchev–Trinajstić information content (AvgIpc) is 2.32. The number of aliphatic carboxylic acids is 1. The largest absolute Gasteiger partial charge is 0.481 e. The van der Waals surface area contributed by atoms with Gasteiger partial charge in [-0.1, -0.05) is 34.1 Å². The van der Waals surface area contributed by atoms with Gasteiger partial charge in [-0.2, -0.15) is 0 Å². The Morgan fingerprint density at radius 3 is 2.24 bits per heavy atom. The Morgan fingerprint density at radius 2 is 1.86 bits per heavy atom. The van der Waals surface area contributed by atoms with Crippen molar-refractivity contribution in [3.63, 3.8) is 0 Å². The monoisotopic (exact) mass is 298 g/mol. The van der Waals surface area contributed by atoms with Gasteiger partial charge in [-0.05, 0) is 36.5 Å². The molecule has 0 spiro atoms. The van der Waals surface area contributed by atoms with Crippen LogP contribution in [0.4, 0.5) is 4.79 Å². The van der Waals surface area contributed by atoms with Gasteiger partial charge in [0.2, 0.25) is 0 Å². The van der Waals surface area contributed by atoms with Gasteiger partial charge < -0.3 is 15.7 Å². The number of carboxylic acids is 1. The van der Waals surface area contributed by atoms with Crippen molar-refractivity contribution in [1.82, 2.24) is 10.6 Å². The van der Waals surface area contributed by atoms with E-state index in [1.54, 1.807) is 0 Å². The molecule has 0 radical (unpaired) electrons. The minimum absolute atomic E-state index is 0.0700. The van der Waals surface area contributed by atoms with Gasteiger partial charge in [0.1, 0.15) is 0 Å². The molecule has 3 N–H and O–H groups in total. The fraction of sp³-hybridized carbons (Fsp3) is 0.875. The van der Waals surface area contributed by atoms with Crippen molar-refractivity contribution in [2.45, 2.75) is 59.8 Å². The molecule has 0 aromatic carbocycles. The molecule has 0 aliphatic heterocycles. The second-order valence-corrected chi connectivity index (χ2v) is 7.57. The Morgan fingerprint density at radius 1 is 1.24 bits per heavy atom. The number of hydrogen-bond acceptors (Lipinski definition) is 2. The van der Waals surface area contributed by atoms with Crippen molar-refractivity contribution in [2.75, 3.05) is 13.1 Å². The summed E-state index contributed by atoms with van der Waals surface area (Å²) < 4.78 is 0. The van der Waals surface area contributed by atoms with Crippen LogP contribution in [0, 0.1) is 16.7 Å². The van der Waals surface area contributed by atoms with Gasteiger partial charge in [0.05, 0.1) is 5.92 Å². The first-order valence-electron chi connectivity index (χ1n) is 7.92. The summed E-state index contributed by atoms with van der Waals surface area (Å²) in [6.45, 7) is 9.03. The number of hydrogen-bond donors (Lipinski definition) is 3. The zero-order valence-corrected chi connectivity index (χ0v) is 13.8. The molecule has 1 saturated carbocycles. The van der Waals surface area contributed by atoms with Crippen molar-refractivity contribution >= 4 is 12.0 Å². The van der Waals surface area contributed by atoms with Gasteiger partial charge in [0, 0.05) is 13.1 Å². The summed E-state index contributed by atoms with van der Waals surface area (Å²) in [6, 6.07) is -0.255. The predicted molar refractivity (Wildman–Crippen MR) is 83.2 cm³/mol. The standard InChI is InChI=1S/C16H30N2O3/c1-5-16(7-6-8-16)11-18-14(21)17-10-12(13(19)20)9-15(2,3)4/h12H,5-11H2,1-4H3,(H,19,20)(H2,17,18,21). The summed E-state index contributed by atoms with van der Waals surface area (Å²) in [5.74, 6) is -1.39. The number of carboxylic acid groups (broad SMARTS) is 1. The first-order valence-corrected chi connectivity index (χ1v) is 7.92. The molecule has 0 aromatic heterocycles. The Bertz CT molecular complexity index is 365. The Balaban J connectivity index is 2.34. The van der Waals surface area contributed by atoms with Crippen molar-refractivity contribution in [2.24, 2.45) is 16.7 Å². The summed E-state index contributed by atoms with van der Waals surface area (Å²) in [7, 11) is 0. The van der Waals surface area contributed by atoms with Crippen molar-refractivity contribution in [3.8, 4) is 0 Å². The molecule has 1 fully saturated rings. The number of rotatable bonds is 7. The van der Waals surface area contributed by atoms with E-state index in [0.29, 0.717) is 13.0 Å². The van der Waals surface area contributed by atoms with E-state index in [0.717, 1.165) is 6.42 Å². The van der Waals surface area contributed by atoms with Gasteiger partial charge in [-0.25, -0.2) is 4.79 Å². The van der Waals surface area contributed by atoms with Crippen LogP contribution >= 0.6 is 0 Å². The normalized spacial score (nSPS) is 18.5. The predicted octanol–water partition coefficient (Wildman–Crippen LogP) is 3.00. The highest BCUT2D eigenvalue weighted by atomic mass is 16.4. The van der Waals surface area contributed by atoms with Crippen molar-refractivity contribution < 1.29 is 14.7 Å². The van der Waals surface area contributed by atoms with Crippen LogP contribution in [0.25, 0.3) is 0 Å². The maximum absolute atomic E-state index is 11.8. The van der Waals surface area contributed by atoms with Crippen LogP contribution in [-0.2, 0) is 4.79 Å². The highest BCUT2D eigenvalue weighted by molar-refractivity contribution is 5.75. The van der Waals surface area contributed by atoms with Crippen LogP contribution in [-0.4, -0.2) is 30.2 Å². The van der Waals surface area contributed by atoms with Gasteiger partial charge in [0.15, 0.2) is 0 Å². The molecule has 1 unspecified atom stereocenters. The third kappa shape index (κ3) is 5.94. The van der Waals surface area contributed by atoms with Crippen molar-refractivity contribution in [1.29, 1.82) is 0 Å². The molecule has 1 aliphatic carbocycles. The Labute approximate surface area is 127 Å². The van der Waals surface area contributed by atoms with E-state index in [9.17, 15) is 14.7 Å². The second kappa shape index (κ2) is 7.14.